The van der Waals surface area contributed by atoms with Crippen LogP contribution in [0.3, 0.4) is 0 Å². The van der Waals surface area contributed by atoms with Crippen LogP contribution in [0.4, 0.5) is 5.13 Å². The zero-order valence-electron chi connectivity index (χ0n) is 17.1. The molecule has 4 rings (SSSR count). The van der Waals surface area contributed by atoms with E-state index in [1.807, 2.05) is 49.4 Å². The van der Waals surface area contributed by atoms with Crippen LogP contribution in [0.5, 0.6) is 5.75 Å². The van der Waals surface area contributed by atoms with Gasteiger partial charge >= 0.3 is 0 Å². The maximum absolute atomic E-state index is 13.3. The lowest BCUT2D eigenvalue weighted by molar-refractivity contribution is -0.114. The van der Waals surface area contributed by atoms with Crippen LogP contribution in [-0.4, -0.2) is 23.0 Å². The highest BCUT2D eigenvalue weighted by molar-refractivity contribution is 7.22. The number of methoxy groups -OCH3 is 1. The van der Waals surface area contributed by atoms with Gasteiger partial charge in [-0.15, -0.1) is 0 Å². The molecule has 31 heavy (non-hydrogen) atoms. The predicted molar refractivity (Wildman–Crippen MR) is 127 cm³/mol. The molecular formula is C24H20ClN3O2S. The van der Waals surface area contributed by atoms with Gasteiger partial charge in [0.15, 0.2) is 5.13 Å². The molecule has 7 heteroatoms. The van der Waals surface area contributed by atoms with Crippen LogP contribution < -0.4 is 9.64 Å². The first kappa shape index (κ1) is 21.0. The standard InChI is InChI=1S/C24H20ClN3O2S/c1-16-9-11-20(30-2)22-23(16)31-24(27-22)28(15-17-6-5-13-26-14-17)21(29)12-10-18-7-3-4-8-19(18)25/h3-14H,15H2,1-2H3/b12-10+. The number of nitrogens with zero attached hydrogens (tertiary/aromatic N) is 3. The molecule has 5 nitrogen and oxygen atoms in total. The zero-order valence-corrected chi connectivity index (χ0v) is 18.7. The summed E-state index contributed by atoms with van der Waals surface area (Å²) >= 11 is 7.70. The number of hydrogen-bond acceptors (Lipinski definition) is 5. The molecule has 0 aliphatic heterocycles. The summed E-state index contributed by atoms with van der Waals surface area (Å²) in [5.41, 5.74) is 3.52. The Kier molecular flexibility index (Phi) is 6.30. The summed E-state index contributed by atoms with van der Waals surface area (Å²) in [6, 6.07) is 15.1. The zero-order chi connectivity index (χ0) is 21.8. The van der Waals surface area contributed by atoms with Gasteiger partial charge in [-0.2, -0.15) is 0 Å². The van der Waals surface area contributed by atoms with Crippen molar-refractivity contribution in [3.63, 3.8) is 0 Å². The maximum atomic E-state index is 13.3. The van der Waals surface area contributed by atoms with Crippen molar-refractivity contribution in [2.45, 2.75) is 13.5 Å². The van der Waals surface area contributed by atoms with Crippen LogP contribution in [0.2, 0.25) is 5.02 Å². The number of amides is 1. The van der Waals surface area contributed by atoms with Crippen molar-refractivity contribution in [1.29, 1.82) is 0 Å². The summed E-state index contributed by atoms with van der Waals surface area (Å²) in [6.45, 7) is 2.37. The van der Waals surface area contributed by atoms with Gasteiger partial charge in [-0.1, -0.05) is 53.3 Å². The van der Waals surface area contributed by atoms with Gasteiger partial charge in [0.25, 0.3) is 5.91 Å². The number of carbonyl (C=O) groups excluding carboxylic acids is 1. The van der Waals surface area contributed by atoms with Gasteiger partial charge in [0, 0.05) is 23.5 Å². The van der Waals surface area contributed by atoms with E-state index in [9.17, 15) is 4.79 Å². The molecule has 4 aromatic rings. The van der Waals surface area contributed by atoms with Crippen molar-refractivity contribution < 1.29 is 9.53 Å². The number of ether oxygens (including phenoxy) is 1. The molecule has 0 aliphatic rings. The summed E-state index contributed by atoms with van der Waals surface area (Å²) in [7, 11) is 1.62. The molecule has 1 amide bonds. The van der Waals surface area contributed by atoms with E-state index in [1.165, 1.54) is 17.4 Å². The molecular weight excluding hydrogens is 430 g/mol. The molecule has 0 fully saturated rings. The first-order chi connectivity index (χ1) is 15.1. The van der Waals surface area contributed by atoms with E-state index in [-0.39, 0.29) is 5.91 Å². The third-order valence-electron chi connectivity index (χ3n) is 4.78. The monoisotopic (exact) mass is 449 g/mol. The first-order valence-corrected chi connectivity index (χ1v) is 10.8. The number of carbonyl (C=O) groups is 1. The van der Waals surface area contributed by atoms with Gasteiger partial charge < -0.3 is 4.74 Å². The topological polar surface area (TPSA) is 55.3 Å². The van der Waals surface area contributed by atoms with Crippen molar-refractivity contribution in [2.75, 3.05) is 12.0 Å². The van der Waals surface area contributed by atoms with Crippen LogP contribution in [0.25, 0.3) is 16.3 Å². The Bertz CT molecular complexity index is 1250. The van der Waals surface area contributed by atoms with Crippen molar-refractivity contribution in [1.82, 2.24) is 9.97 Å². The Labute approximate surface area is 189 Å². The van der Waals surface area contributed by atoms with Crippen LogP contribution in [0, 0.1) is 6.92 Å². The second kappa shape index (κ2) is 9.29. The van der Waals surface area contributed by atoms with Gasteiger partial charge in [0.2, 0.25) is 0 Å². The number of halogens is 1. The second-order valence-corrected chi connectivity index (χ2v) is 8.28. The maximum Gasteiger partial charge on any atom is 0.253 e. The van der Waals surface area contributed by atoms with Gasteiger partial charge in [0.05, 0.1) is 18.4 Å². The largest absolute Gasteiger partial charge is 0.494 e. The van der Waals surface area contributed by atoms with E-state index >= 15 is 0 Å². The Morgan fingerprint density at radius 2 is 2.03 bits per heavy atom. The number of hydrogen-bond donors (Lipinski definition) is 0. The van der Waals surface area contributed by atoms with E-state index < -0.39 is 0 Å². The molecule has 0 atom stereocenters. The van der Waals surface area contributed by atoms with Gasteiger partial charge in [-0.05, 0) is 47.9 Å². The van der Waals surface area contributed by atoms with Gasteiger partial charge in [0.1, 0.15) is 11.3 Å². The summed E-state index contributed by atoms with van der Waals surface area (Å²) < 4.78 is 6.47. The van der Waals surface area contributed by atoms with E-state index in [2.05, 4.69) is 4.98 Å². The van der Waals surface area contributed by atoms with Crippen LogP contribution in [-0.2, 0) is 11.3 Å². The third kappa shape index (κ3) is 4.60. The Balaban J connectivity index is 1.74. The molecule has 0 spiro atoms. The normalized spacial score (nSPS) is 11.2. The molecule has 0 aliphatic carbocycles. The molecule has 0 unspecified atom stereocenters. The molecule has 0 bridgehead atoms. The van der Waals surface area contributed by atoms with E-state index in [4.69, 9.17) is 21.3 Å². The third-order valence-corrected chi connectivity index (χ3v) is 6.34. The number of benzene rings is 2. The molecule has 2 aromatic carbocycles. The number of aromatic nitrogens is 2. The minimum atomic E-state index is -0.195. The molecule has 0 saturated carbocycles. The molecule has 0 saturated heterocycles. The van der Waals surface area contributed by atoms with E-state index in [0.29, 0.717) is 22.4 Å². The van der Waals surface area contributed by atoms with E-state index in [0.717, 1.165) is 26.9 Å². The van der Waals surface area contributed by atoms with Crippen molar-refractivity contribution in [3.8, 4) is 5.75 Å². The van der Waals surface area contributed by atoms with Crippen LogP contribution >= 0.6 is 22.9 Å². The molecule has 2 aromatic heterocycles. The second-order valence-electron chi connectivity index (χ2n) is 6.90. The smallest absolute Gasteiger partial charge is 0.253 e. The predicted octanol–water partition coefficient (Wildman–Crippen LogP) is 5.91. The number of fused-ring (bicyclic) bond motifs is 1. The Morgan fingerprint density at radius 1 is 1.19 bits per heavy atom. The quantitative estimate of drug-likeness (QED) is 0.343. The average molecular weight is 450 g/mol. The average Bonchev–Trinajstić information content (AvgIpc) is 3.24. The molecule has 156 valence electrons. The van der Waals surface area contributed by atoms with E-state index in [1.54, 1.807) is 36.5 Å². The SMILES string of the molecule is COc1ccc(C)c2sc(N(Cc3cccnc3)C(=O)/C=C/c3ccccc3Cl)nc12. The number of pyridine rings is 1. The summed E-state index contributed by atoms with van der Waals surface area (Å²) in [5, 5.41) is 1.19. The summed E-state index contributed by atoms with van der Waals surface area (Å²) in [4.78, 5) is 23.8. The Hall–Kier alpha value is -3.22. The highest BCUT2D eigenvalue weighted by atomic mass is 35.5. The van der Waals surface area contributed by atoms with Crippen LogP contribution in [0.15, 0.2) is 67.0 Å². The Morgan fingerprint density at radius 3 is 2.77 bits per heavy atom. The number of anilines is 1. The molecule has 2 heterocycles. The summed E-state index contributed by atoms with van der Waals surface area (Å²) in [6.07, 6.45) is 6.70. The first-order valence-electron chi connectivity index (χ1n) is 9.64. The minimum Gasteiger partial charge on any atom is -0.494 e. The fourth-order valence-corrected chi connectivity index (χ4v) is 4.41. The number of aryl methyl sites for hydroxylation is 1. The van der Waals surface area contributed by atoms with Crippen molar-refractivity contribution in [2.24, 2.45) is 0 Å². The number of rotatable bonds is 6. The highest BCUT2D eigenvalue weighted by Gasteiger charge is 2.21. The lowest BCUT2D eigenvalue weighted by atomic mass is 10.2. The lowest BCUT2D eigenvalue weighted by Gasteiger charge is -2.18. The number of thiazole rings is 1. The van der Waals surface area contributed by atoms with Crippen molar-refractivity contribution in [3.05, 3.63) is 88.7 Å². The minimum absolute atomic E-state index is 0.195. The molecule has 0 N–H and O–H groups in total. The lowest BCUT2D eigenvalue weighted by Crippen LogP contribution is -2.28. The highest BCUT2D eigenvalue weighted by Crippen LogP contribution is 2.37. The summed E-state index contributed by atoms with van der Waals surface area (Å²) in [5.74, 6) is 0.489. The van der Waals surface area contributed by atoms with Crippen molar-refractivity contribution >= 4 is 50.3 Å². The van der Waals surface area contributed by atoms with Gasteiger partial charge in [-0.3, -0.25) is 14.7 Å². The fraction of sp³-hybridized carbons (Fsp3) is 0.125. The molecule has 0 radical (unpaired) electrons. The fourth-order valence-electron chi connectivity index (χ4n) is 3.15. The van der Waals surface area contributed by atoms with Gasteiger partial charge in [-0.25, -0.2) is 4.98 Å². The van der Waals surface area contributed by atoms with Crippen LogP contribution in [0.1, 0.15) is 16.7 Å².